The number of rotatable bonds is 61. The van der Waals surface area contributed by atoms with E-state index in [9.17, 15) is 19.5 Å². The van der Waals surface area contributed by atoms with Gasteiger partial charge in [0.1, 0.15) is 13.2 Å². The Labute approximate surface area is 476 Å². The van der Waals surface area contributed by atoms with Crippen LogP contribution in [0.1, 0.15) is 309 Å². The SMILES string of the molecule is CCCCC/C=C\C/C=C\CCCCCCCCCC(=O)OCC(COC(OCC[N+](C)(C)C)C(=O)O)OC(=O)CCCCCCCCCCCCCCCCCCCCCCCCC/C=C\C/C=C\CCCCCCC. The molecule has 9 nitrogen and oxygen atoms in total. The molecule has 0 aromatic carbocycles. The fourth-order valence-corrected chi connectivity index (χ4v) is 9.49. The largest absolute Gasteiger partial charge is 0.477 e. The number of aliphatic carboxylic acids is 1. The molecule has 0 aliphatic rings. The van der Waals surface area contributed by atoms with Gasteiger partial charge in [0.15, 0.2) is 6.10 Å². The molecule has 0 fully saturated rings. The predicted molar refractivity (Wildman–Crippen MR) is 327 cm³/mol. The molecule has 0 aromatic heterocycles. The molecular formula is C68H126NO8+. The van der Waals surface area contributed by atoms with Crippen molar-refractivity contribution in [3.05, 3.63) is 48.6 Å². The lowest BCUT2D eigenvalue weighted by Crippen LogP contribution is -2.40. The normalized spacial score (nSPS) is 13.0. The van der Waals surface area contributed by atoms with Gasteiger partial charge in [0, 0.05) is 12.8 Å². The van der Waals surface area contributed by atoms with E-state index in [1.165, 1.54) is 218 Å². The fourth-order valence-electron chi connectivity index (χ4n) is 9.49. The standard InChI is InChI=1S/C68H125NO8/c1-6-8-10-12-14-16-18-20-22-24-25-26-27-28-29-30-31-32-33-34-35-36-37-38-39-40-41-43-45-47-49-51-53-55-57-59-66(71)77-64(63-76-68(67(72)73)74-61-60-69(3,4)5)62-75-65(70)58-56-54-52-50-48-46-44-42-23-21-19-17-15-13-11-9-7-2/h15,17-18,20-21,23-25,64,68H,6-14,16,19,22,26-63H2,1-5H3/p+1/b17-15-,20-18-,23-21-,25-24-. The molecule has 0 radical (unpaired) electrons. The van der Waals surface area contributed by atoms with Crippen molar-refractivity contribution in [2.75, 3.05) is 47.5 Å². The van der Waals surface area contributed by atoms with Gasteiger partial charge >= 0.3 is 17.9 Å². The minimum Gasteiger partial charge on any atom is -0.477 e. The lowest BCUT2D eigenvalue weighted by Gasteiger charge is -2.25. The maximum atomic E-state index is 12.9. The third-order valence-electron chi connectivity index (χ3n) is 14.6. The van der Waals surface area contributed by atoms with E-state index in [2.05, 4.69) is 62.5 Å². The number of hydrogen-bond acceptors (Lipinski definition) is 7. The zero-order chi connectivity index (χ0) is 56.2. The molecule has 0 bridgehead atoms. The summed E-state index contributed by atoms with van der Waals surface area (Å²) >= 11 is 0. The molecule has 0 aliphatic carbocycles. The number of carboxylic acids is 1. The summed E-state index contributed by atoms with van der Waals surface area (Å²) in [6.07, 6.45) is 72.2. The number of esters is 2. The number of hydrogen-bond donors (Lipinski definition) is 1. The summed E-state index contributed by atoms with van der Waals surface area (Å²) in [6.45, 7) is 4.87. The average molecular weight is 1090 g/mol. The Bertz CT molecular complexity index is 1400. The van der Waals surface area contributed by atoms with E-state index >= 15 is 0 Å². The number of carbonyl (C=O) groups excluding carboxylic acids is 2. The third-order valence-corrected chi connectivity index (χ3v) is 14.6. The summed E-state index contributed by atoms with van der Waals surface area (Å²) in [7, 11) is 5.98. The van der Waals surface area contributed by atoms with Crippen LogP contribution in [0.2, 0.25) is 0 Å². The number of ether oxygens (including phenoxy) is 4. The Morgan fingerprint density at radius 3 is 1.05 bits per heavy atom. The maximum Gasteiger partial charge on any atom is 0.361 e. The van der Waals surface area contributed by atoms with Gasteiger partial charge in [0.25, 0.3) is 6.29 Å². The fraction of sp³-hybridized carbons (Fsp3) is 0.838. The number of nitrogens with zero attached hydrogens (tertiary/aromatic N) is 1. The molecule has 450 valence electrons. The zero-order valence-electron chi connectivity index (χ0n) is 51.4. The average Bonchev–Trinajstić information content (AvgIpc) is 3.40. The first-order valence-corrected chi connectivity index (χ1v) is 32.8. The minimum absolute atomic E-state index is 0.183. The second-order valence-corrected chi connectivity index (χ2v) is 23.4. The molecule has 0 spiro atoms. The Morgan fingerprint density at radius 1 is 0.390 bits per heavy atom. The van der Waals surface area contributed by atoms with E-state index in [4.69, 9.17) is 18.9 Å². The van der Waals surface area contributed by atoms with Gasteiger partial charge in [-0.25, -0.2) is 4.79 Å². The molecule has 0 aliphatic heterocycles. The smallest absolute Gasteiger partial charge is 0.361 e. The van der Waals surface area contributed by atoms with Crippen LogP contribution in [0.3, 0.4) is 0 Å². The number of carboxylic acid groups (broad SMARTS) is 1. The van der Waals surface area contributed by atoms with Gasteiger partial charge in [0.05, 0.1) is 34.4 Å². The molecule has 2 unspecified atom stereocenters. The van der Waals surface area contributed by atoms with Gasteiger partial charge in [-0.2, -0.15) is 0 Å². The quantitative estimate of drug-likeness (QED) is 0.0211. The highest BCUT2D eigenvalue weighted by Crippen LogP contribution is 2.18. The number of likely N-dealkylation sites (N-methyl/N-ethyl adjacent to an activating group) is 1. The highest BCUT2D eigenvalue weighted by Gasteiger charge is 2.25. The molecule has 0 heterocycles. The van der Waals surface area contributed by atoms with Crippen LogP contribution in [0.25, 0.3) is 0 Å². The molecule has 77 heavy (non-hydrogen) atoms. The Hall–Kier alpha value is -2.75. The summed E-state index contributed by atoms with van der Waals surface area (Å²) in [6, 6.07) is 0. The summed E-state index contributed by atoms with van der Waals surface area (Å²) < 4.78 is 22.9. The van der Waals surface area contributed by atoms with Crippen molar-refractivity contribution in [2.45, 2.75) is 322 Å². The van der Waals surface area contributed by atoms with Crippen LogP contribution in [-0.2, 0) is 33.3 Å². The Morgan fingerprint density at radius 2 is 0.701 bits per heavy atom. The number of carbonyl (C=O) groups is 3. The first kappa shape index (κ1) is 74.2. The Balaban J connectivity index is 4.03. The molecule has 0 rings (SSSR count). The van der Waals surface area contributed by atoms with Crippen molar-refractivity contribution < 1.29 is 42.9 Å². The molecule has 0 aromatic rings. The summed E-state index contributed by atoms with van der Waals surface area (Å²) in [4.78, 5) is 37.5. The molecule has 1 N–H and O–H groups in total. The summed E-state index contributed by atoms with van der Waals surface area (Å²) in [5, 5.41) is 9.72. The van der Waals surface area contributed by atoms with E-state index in [1.54, 1.807) is 0 Å². The van der Waals surface area contributed by atoms with E-state index in [-0.39, 0.29) is 32.2 Å². The number of unbranched alkanes of at least 4 members (excludes halogenated alkanes) is 38. The minimum atomic E-state index is -1.51. The van der Waals surface area contributed by atoms with Crippen molar-refractivity contribution in [1.29, 1.82) is 0 Å². The zero-order valence-corrected chi connectivity index (χ0v) is 51.4. The lowest BCUT2D eigenvalue weighted by atomic mass is 10.0. The second-order valence-electron chi connectivity index (χ2n) is 23.4. The Kier molecular flexibility index (Phi) is 57.3. The van der Waals surface area contributed by atoms with Gasteiger partial charge in [-0.1, -0.05) is 268 Å². The first-order chi connectivity index (χ1) is 37.6. The van der Waals surface area contributed by atoms with E-state index in [0.29, 0.717) is 17.4 Å². The number of quaternary nitrogens is 1. The van der Waals surface area contributed by atoms with Crippen molar-refractivity contribution in [1.82, 2.24) is 0 Å². The summed E-state index contributed by atoms with van der Waals surface area (Å²) in [5.41, 5.74) is 0. The van der Waals surface area contributed by atoms with E-state index < -0.39 is 24.3 Å². The van der Waals surface area contributed by atoms with Crippen molar-refractivity contribution in [2.24, 2.45) is 0 Å². The van der Waals surface area contributed by atoms with Gasteiger partial charge < -0.3 is 28.5 Å². The van der Waals surface area contributed by atoms with Crippen molar-refractivity contribution in [3.8, 4) is 0 Å². The maximum absolute atomic E-state index is 12.9. The monoisotopic (exact) mass is 1080 g/mol. The first-order valence-electron chi connectivity index (χ1n) is 32.8. The van der Waals surface area contributed by atoms with Crippen LogP contribution in [-0.4, -0.2) is 87.4 Å². The number of allylic oxidation sites excluding steroid dienone is 8. The third kappa shape index (κ3) is 60.7. The van der Waals surface area contributed by atoms with Crippen LogP contribution < -0.4 is 0 Å². The van der Waals surface area contributed by atoms with Crippen LogP contribution in [0.4, 0.5) is 0 Å². The topological polar surface area (TPSA) is 108 Å². The van der Waals surface area contributed by atoms with Crippen molar-refractivity contribution >= 4 is 17.9 Å². The van der Waals surface area contributed by atoms with Gasteiger partial charge in [-0.3, -0.25) is 9.59 Å². The van der Waals surface area contributed by atoms with Crippen LogP contribution in [0.5, 0.6) is 0 Å². The van der Waals surface area contributed by atoms with E-state index in [1.807, 2.05) is 21.1 Å². The molecule has 9 heteroatoms. The second kappa shape index (κ2) is 59.4. The molecule has 2 atom stereocenters. The molecular weight excluding hydrogens is 959 g/mol. The molecule has 0 amide bonds. The van der Waals surface area contributed by atoms with Gasteiger partial charge in [-0.15, -0.1) is 0 Å². The van der Waals surface area contributed by atoms with Crippen LogP contribution >= 0.6 is 0 Å². The highest BCUT2D eigenvalue weighted by molar-refractivity contribution is 5.71. The van der Waals surface area contributed by atoms with Crippen LogP contribution in [0, 0.1) is 0 Å². The van der Waals surface area contributed by atoms with Crippen LogP contribution in [0.15, 0.2) is 48.6 Å². The van der Waals surface area contributed by atoms with Gasteiger partial charge in [-0.05, 0) is 77.0 Å². The highest BCUT2D eigenvalue weighted by atomic mass is 16.7. The van der Waals surface area contributed by atoms with Gasteiger partial charge in [0.2, 0.25) is 0 Å². The molecule has 0 saturated carbocycles. The lowest BCUT2D eigenvalue weighted by molar-refractivity contribution is -0.870. The molecule has 0 saturated heterocycles. The summed E-state index contributed by atoms with van der Waals surface area (Å²) in [5.74, 6) is -2.00. The van der Waals surface area contributed by atoms with E-state index in [0.717, 1.165) is 64.2 Å². The van der Waals surface area contributed by atoms with Crippen molar-refractivity contribution in [3.63, 3.8) is 0 Å². The predicted octanol–water partition coefficient (Wildman–Crippen LogP) is 19.8.